The second-order valence-corrected chi connectivity index (χ2v) is 7.27. The molecule has 0 fully saturated rings. The number of esters is 1. The molecule has 6 nitrogen and oxygen atoms in total. The molecule has 0 atom stereocenters. The molecule has 2 amide bonds. The minimum atomic E-state index is -0.526. The van der Waals surface area contributed by atoms with Crippen molar-refractivity contribution >= 4 is 52.5 Å². The van der Waals surface area contributed by atoms with Gasteiger partial charge >= 0.3 is 5.97 Å². The van der Waals surface area contributed by atoms with Crippen LogP contribution in [0.4, 0.5) is 11.4 Å². The number of halogens is 1. The van der Waals surface area contributed by atoms with Crippen molar-refractivity contribution in [1.82, 2.24) is 0 Å². The van der Waals surface area contributed by atoms with Crippen LogP contribution in [0.1, 0.15) is 30.6 Å². The Labute approximate surface area is 173 Å². The lowest BCUT2D eigenvalue weighted by molar-refractivity contribution is -0.114. The summed E-state index contributed by atoms with van der Waals surface area (Å²) in [5, 5.41) is 5.73. The second-order valence-electron chi connectivity index (χ2n) is 5.84. The number of hydrogen-bond acceptors (Lipinski definition) is 5. The molecule has 2 rings (SSSR count). The summed E-state index contributed by atoms with van der Waals surface area (Å²) in [6.45, 7) is 3.63. The van der Waals surface area contributed by atoms with Crippen LogP contribution in [0.15, 0.2) is 47.4 Å². The van der Waals surface area contributed by atoms with Gasteiger partial charge in [0.1, 0.15) is 0 Å². The Balaban J connectivity index is 2.00. The average molecular weight is 421 g/mol. The van der Waals surface area contributed by atoms with Crippen molar-refractivity contribution in [2.45, 2.75) is 25.2 Å². The maximum Gasteiger partial charge on any atom is 0.339 e. The summed E-state index contributed by atoms with van der Waals surface area (Å²) in [4.78, 5) is 36.4. The molecular weight excluding hydrogens is 400 g/mol. The third-order valence-corrected chi connectivity index (χ3v) is 4.87. The van der Waals surface area contributed by atoms with Gasteiger partial charge in [-0.2, -0.15) is 0 Å². The van der Waals surface area contributed by atoms with Gasteiger partial charge in [0.15, 0.2) is 0 Å². The lowest BCUT2D eigenvalue weighted by Crippen LogP contribution is -2.15. The van der Waals surface area contributed by atoms with Gasteiger partial charge in [0.2, 0.25) is 11.8 Å². The van der Waals surface area contributed by atoms with E-state index >= 15 is 0 Å². The zero-order valence-corrected chi connectivity index (χ0v) is 17.2. The Morgan fingerprint density at radius 1 is 1.11 bits per heavy atom. The van der Waals surface area contributed by atoms with E-state index in [0.29, 0.717) is 24.4 Å². The van der Waals surface area contributed by atoms with Gasteiger partial charge in [0.05, 0.1) is 28.6 Å². The van der Waals surface area contributed by atoms with E-state index in [1.54, 1.807) is 18.2 Å². The molecule has 0 bridgehead atoms. The Morgan fingerprint density at radius 2 is 1.86 bits per heavy atom. The number of anilines is 2. The predicted molar refractivity (Wildman–Crippen MR) is 112 cm³/mol. The first-order chi connectivity index (χ1) is 13.4. The number of carbonyl (C=O) groups excluding carboxylic acids is 3. The van der Waals surface area contributed by atoms with Gasteiger partial charge in [-0.3, -0.25) is 9.59 Å². The van der Waals surface area contributed by atoms with Crippen LogP contribution in [0.3, 0.4) is 0 Å². The zero-order valence-electron chi connectivity index (χ0n) is 15.6. The molecule has 148 valence electrons. The van der Waals surface area contributed by atoms with Crippen molar-refractivity contribution < 1.29 is 19.1 Å². The van der Waals surface area contributed by atoms with Crippen LogP contribution in [0.25, 0.3) is 0 Å². The quantitative estimate of drug-likeness (QED) is 0.481. The number of benzene rings is 2. The first kappa shape index (κ1) is 21.8. The monoisotopic (exact) mass is 420 g/mol. The van der Waals surface area contributed by atoms with Crippen LogP contribution in [-0.4, -0.2) is 30.1 Å². The number of ether oxygens (including phenoxy) is 1. The van der Waals surface area contributed by atoms with E-state index < -0.39 is 5.97 Å². The summed E-state index contributed by atoms with van der Waals surface area (Å²) < 4.78 is 5.09. The molecule has 0 unspecified atom stereocenters. The van der Waals surface area contributed by atoms with Gasteiger partial charge in [0.25, 0.3) is 0 Å². The molecule has 0 aliphatic rings. The number of para-hydroxylation sites is 1. The molecule has 0 radical (unpaired) electrons. The third kappa shape index (κ3) is 6.58. The Morgan fingerprint density at radius 3 is 2.57 bits per heavy atom. The second kappa shape index (κ2) is 10.7. The molecule has 2 aromatic rings. The largest absolute Gasteiger partial charge is 0.462 e. The van der Waals surface area contributed by atoms with E-state index in [0.717, 1.165) is 4.90 Å². The van der Waals surface area contributed by atoms with Gasteiger partial charge in [-0.25, -0.2) is 4.79 Å². The van der Waals surface area contributed by atoms with Crippen LogP contribution in [-0.2, 0) is 14.3 Å². The van der Waals surface area contributed by atoms with Crippen LogP contribution < -0.4 is 10.6 Å². The minimum absolute atomic E-state index is 0.134. The summed E-state index contributed by atoms with van der Waals surface area (Å²) in [6.07, 6.45) is 0.705. The highest BCUT2D eigenvalue weighted by Crippen LogP contribution is 2.27. The van der Waals surface area contributed by atoms with E-state index in [4.69, 9.17) is 16.3 Å². The summed E-state index contributed by atoms with van der Waals surface area (Å²) in [5.74, 6) is -0.824. The third-order valence-electron chi connectivity index (χ3n) is 3.46. The first-order valence-electron chi connectivity index (χ1n) is 8.66. The standard InChI is InChI=1S/C20H21ClN2O4S/c1-3-10-27-20(26)15-11-14(8-9-16(15)21)23-19(25)12-28-18-7-5-4-6-17(18)22-13(2)24/h4-9,11H,3,10,12H2,1-2H3,(H,22,24)(H,23,25). The highest BCUT2D eigenvalue weighted by atomic mass is 35.5. The highest BCUT2D eigenvalue weighted by Gasteiger charge is 2.14. The topological polar surface area (TPSA) is 84.5 Å². The molecule has 0 saturated carbocycles. The van der Waals surface area contributed by atoms with E-state index in [2.05, 4.69) is 10.6 Å². The Kier molecular flexibility index (Phi) is 8.35. The molecule has 0 aliphatic heterocycles. The molecule has 0 spiro atoms. The maximum atomic E-state index is 12.3. The average Bonchev–Trinajstić information content (AvgIpc) is 2.66. The van der Waals surface area contributed by atoms with Crippen molar-refractivity contribution in [3.8, 4) is 0 Å². The molecule has 0 saturated heterocycles. The molecule has 8 heteroatoms. The molecule has 0 aliphatic carbocycles. The molecule has 2 N–H and O–H groups in total. The van der Waals surface area contributed by atoms with Crippen molar-refractivity contribution in [2.75, 3.05) is 23.0 Å². The fraction of sp³-hybridized carbons (Fsp3) is 0.250. The fourth-order valence-electron chi connectivity index (χ4n) is 2.26. The smallest absolute Gasteiger partial charge is 0.339 e. The van der Waals surface area contributed by atoms with Crippen LogP contribution in [0.2, 0.25) is 5.02 Å². The van der Waals surface area contributed by atoms with Gasteiger partial charge in [-0.05, 0) is 36.8 Å². The van der Waals surface area contributed by atoms with Crippen LogP contribution in [0.5, 0.6) is 0 Å². The summed E-state index contributed by atoms with van der Waals surface area (Å²) >= 11 is 7.35. The number of thioether (sulfide) groups is 1. The number of hydrogen-bond donors (Lipinski definition) is 2. The van der Waals surface area contributed by atoms with Crippen LogP contribution in [0, 0.1) is 0 Å². The lowest BCUT2D eigenvalue weighted by atomic mass is 10.2. The lowest BCUT2D eigenvalue weighted by Gasteiger charge is -2.11. The van der Waals surface area contributed by atoms with Gasteiger partial charge in [0, 0.05) is 17.5 Å². The first-order valence-corrected chi connectivity index (χ1v) is 10.0. The summed E-state index contributed by atoms with van der Waals surface area (Å²) in [6, 6.07) is 11.9. The summed E-state index contributed by atoms with van der Waals surface area (Å²) in [7, 11) is 0. The predicted octanol–water partition coefficient (Wildman–Crippen LogP) is 4.60. The molecule has 2 aromatic carbocycles. The van der Waals surface area contributed by atoms with Crippen molar-refractivity contribution in [1.29, 1.82) is 0 Å². The molecule has 0 heterocycles. The van der Waals surface area contributed by atoms with Crippen molar-refractivity contribution in [3.05, 3.63) is 53.1 Å². The normalized spacial score (nSPS) is 10.2. The van der Waals surface area contributed by atoms with E-state index in [9.17, 15) is 14.4 Å². The van der Waals surface area contributed by atoms with Gasteiger partial charge < -0.3 is 15.4 Å². The fourth-order valence-corrected chi connectivity index (χ4v) is 3.26. The SMILES string of the molecule is CCCOC(=O)c1cc(NC(=O)CSc2ccccc2NC(C)=O)ccc1Cl. The minimum Gasteiger partial charge on any atom is -0.462 e. The van der Waals surface area contributed by atoms with Crippen LogP contribution >= 0.6 is 23.4 Å². The number of amides is 2. The highest BCUT2D eigenvalue weighted by molar-refractivity contribution is 8.00. The van der Waals surface area contributed by atoms with E-state index in [-0.39, 0.29) is 28.2 Å². The summed E-state index contributed by atoms with van der Waals surface area (Å²) in [5.41, 5.74) is 1.31. The van der Waals surface area contributed by atoms with E-state index in [1.807, 2.05) is 25.1 Å². The maximum absolute atomic E-state index is 12.3. The van der Waals surface area contributed by atoms with Gasteiger partial charge in [-0.15, -0.1) is 11.8 Å². The molecule has 28 heavy (non-hydrogen) atoms. The van der Waals surface area contributed by atoms with Crippen molar-refractivity contribution in [2.24, 2.45) is 0 Å². The number of carbonyl (C=O) groups is 3. The molecular formula is C20H21ClN2O4S. The number of nitrogens with one attached hydrogen (secondary N) is 2. The molecule has 0 aromatic heterocycles. The number of rotatable bonds is 8. The van der Waals surface area contributed by atoms with Gasteiger partial charge in [-0.1, -0.05) is 30.7 Å². The zero-order chi connectivity index (χ0) is 20.5. The Bertz CT molecular complexity index is 873. The van der Waals surface area contributed by atoms with E-state index in [1.165, 1.54) is 24.8 Å². The van der Waals surface area contributed by atoms with Crippen molar-refractivity contribution in [3.63, 3.8) is 0 Å². The Hall–Kier alpha value is -2.51.